The van der Waals surface area contributed by atoms with Gasteiger partial charge in [-0.3, -0.25) is 0 Å². The Morgan fingerprint density at radius 3 is 1.80 bits per heavy atom. The first-order valence-corrected chi connectivity index (χ1v) is 5.73. The van der Waals surface area contributed by atoms with Gasteiger partial charge in [0.2, 0.25) is 6.79 Å². The van der Waals surface area contributed by atoms with Crippen molar-refractivity contribution in [2.75, 3.05) is 6.79 Å². The van der Waals surface area contributed by atoms with Gasteiger partial charge in [0.05, 0.1) is 0 Å². The zero-order valence-corrected chi connectivity index (χ0v) is 9.66. The van der Waals surface area contributed by atoms with E-state index >= 15 is 0 Å². The van der Waals surface area contributed by atoms with Gasteiger partial charge in [0.1, 0.15) is 0 Å². The maximum Gasteiger partial charge on any atom is 0.231 e. The van der Waals surface area contributed by atoms with Crippen LogP contribution in [0.4, 0.5) is 0 Å². The minimum atomic E-state index is 0.360. The number of unbranched alkanes of at least 4 members (excludes halogenated alkanes) is 3. The second-order valence-corrected chi connectivity index (χ2v) is 3.56. The average Bonchev–Trinajstić information content (AvgIpc) is 2.75. The molecule has 15 heavy (non-hydrogen) atoms. The van der Waals surface area contributed by atoms with Crippen LogP contribution in [0.1, 0.15) is 39.5 Å². The Balaban J connectivity index is 0.000000167. The van der Waals surface area contributed by atoms with E-state index in [1.807, 2.05) is 24.3 Å². The molecule has 1 aliphatic heterocycles. The molecule has 1 aliphatic rings. The Morgan fingerprint density at radius 2 is 1.40 bits per heavy atom. The highest BCUT2D eigenvalue weighted by Gasteiger charge is 2.09. The Morgan fingerprint density at radius 1 is 0.933 bits per heavy atom. The quantitative estimate of drug-likeness (QED) is 0.699. The number of benzene rings is 1. The lowest BCUT2D eigenvalue weighted by Crippen LogP contribution is -1.92. The van der Waals surface area contributed by atoms with Crippen LogP contribution in [-0.4, -0.2) is 6.79 Å². The summed E-state index contributed by atoms with van der Waals surface area (Å²) in [5, 5.41) is 0. The van der Waals surface area contributed by atoms with E-state index < -0.39 is 0 Å². The van der Waals surface area contributed by atoms with Crippen LogP contribution in [0.5, 0.6) is 11.5 Å². The lowest BCUT2D eigenvalue weighted by Gasteiger charge is -1.89. The summed E-state index contributed by atoms with van der Waals surface area (Å²) >= 11 is 0. The van der Waals surface area contributed by atoms with Gasteiger partial charge in [-0.15, -0.1) is 0 Å². The summed E-state index contributed by atoms with van der Waals surface area (Å²) in [7, 11) is 0. The summed E-state index contributed by atoms with van der Waals surface area (Å²) in [6.07, 6.45) is 5.54. The number of para-hydroxylation sites is 2. The maximum absolute atomic E-state index is 5.08. The summed E-state index contributed by atoms with van der Waals surface area (Å²) in [6.45, 7) is 4.82. The van der Waals surface area contributed by atoms with Crippen LogP contribution in [0, 0.1) is 0 Å². The van der Waals surface area contributed by atoms with Crippen LogP contribution in [0.15, 0.2) is 24.3 Å². The zero-order chi connectivity index (χ0) is 10.9. The Hall–Kier alpha value is -1.18. The predicted molar refractivity (Wildman–Crippen MR) is 62.4 cm³/mol. The van der Waals surface area contributed by atoms with Gasteiger partial charge in [0.25, 0.3) is 0 Å². The first-order valence-electron chi connectivity index (χ1n) is 5.73. The van der Waals surface area contributed by atoms with Crippen molar-refractivity contribution in [3.05, 3.63) is 24.3 Å². The third kappa shape index (κ3) is 4.24. The Kier molecular flexibility index (Phi) is 5.67. The van der Waals surface area contributed by atoms with Crippen LogP contribution in [0.2, 0.25) is 0 Å². The fourth-order valence-corrected chi connectivity index (χ4v) is 1.35. The van der Waals surface area contributed by atoms with Gasteiger partial charge in [0.15, 0.2) is 11.5 Å². The lowest BCUT2D eigenvalue weighted by atomic mass is 10.2. The summed E-state index contributed by atoms with van der Waals surface area (Å²) in [4.78, 5) is 0. The molecule has 0 aromatic heterocycles. The van der Waals surface area contributed by atoms with Gasteiger partial charge in [0, 0.05) is 0 Å². The van der Waals surface area contributed by atoms with E-state index in [1.165, 1.54) is 25.7 Å². The van der Waals surface area contributed by atoms with Crippen molar-refractivity contribution in [2.45, 2.75) is 39.5 Å². The number of rotatable bonds is 3. The monoisotopic (exact) mass is 208 g/mol. The van der Waals surface area contributed by atoms with Crippen LogP contribution in [-0.2, 0) is 0 Å². The number of hydrogen-bond acceptors (Lipinski definition) is 2. The molecule has 0 N–H and O–H groups in total. The fraction of sp³-hybridized carbons (Fsp3) is 0.538. The highest BCUT2D eigenvalue weighted by atomic mass is 16.7. The second-order valence-electron chi connectivity index (χ2n) is 3.56. The van der Waals surface area contributed by atoms with Crippen molar-refractivity contribution in [2.24, 2.45) is 0 Å². The molecule has 1 heterocycles. The average molecular weight is 208 g/mol. The molecular formula is C13H20O2. The van der Waals surface area contributed by atoms with Gasteiger partial charge in [-0.25, -0.2) is 0 Å². The maximum atomic E-state index is 5.08. The minimum absolute atomic E-state index is 0.360. The van der Waals surface area contributed by atoms with Crippen molar-refractivity contribution in [3.63, 3.8) is 0 Å². The van der Waals surface area contributed by atoms with Crippen molar-refractivity contribution < 1.29 is 9.47 Å². The molecule has 0 bridgehead atoms. The molecule has 0 atom stereocenters. The van der Waals surface area contributed by atoms with Crippen molar-refractivity contribution in [1.29, 1.82) is 0 Å². The largest absolute Gasteiger partial charge is 0.454 e. The molecule has 1 aromatic rings. The molecule has 0 unspecified atom stereocenters. The molecule has 2 nitrogen and oxygen atoms in total. The van der Waals surface area contributed by atoms with Crippen molar-refractivity contribution in [3.8, 4) is 11.5 Å². The Bertz CT molecular complexity index is 244. The topological polar surface area (TPSA) is 18.5 Å². The summed E-state index contributed by atoms with van der Waals surface area (Å²) in [5.41, 5.74) is 0. The van der Waals surface area contributed by atoms with E-state index in [0.29, 0.717) is 6.79 Å². The molecule has 0 saturated carbocycles. The first kappa shape index (κ1) is 11.9. The molecule has 84 valence electrons. The molecule has 0 amide bonds. The van der Waals surface area contributed by atoms with Gasteiger partial charge < -0.3 is 9.47 Å². The molecule has 0 aliphatic carbocycles. The molecule has 1 aromatic carbocycles. The summed E-state index contributed by atoms with van der Waals surface area (Å²) in [6, 6.07) is 7.63. The van der Waals surface area contributed by atoms with Crippen molar-refractivity contribution in [1.82, 2.24) is 0 Å². The zero-order valence-electron chi connectivity index (χ0n) is 9.66. The highest BCUT2D eigenvalue weighted by molar-refractivity contribution is 5.40. The van der Waals surface area contributed by atoms with Crippen molar-refractivity contribution >= 4 is 0 Å². The van der Waals surface area contributed by atoms with Crippen LogP contribution >= 0.6 is 0 Å². The van der Waals surface area contributed by atoms with Crippen LogP contribution < -0.4 is 9.47 Å². The van der Waals surface area contributed by atoms with Gasteiger partial charge in [-0.1, -0.05) is 51.7 Å². The first-order chi connectivity index (χ1) is 7.38. The summed E-state index contributed by atoms with van der Waals surface area (Å²) in [5.74, 6) is 1.69. The standard InChI is InChI=1S/C7H6O2.C6H14/c1-2-4-7-6(3-1)8-5-9-7;1-3-5-6-4-2/h1-4H,5H2;3-6H2,1-2H3. The van der Waals surface area contributed by atoms with Gasteiger partial charge in [-0.2, -0.15) is 0 Å². The fourth-order valence-electron chi connectivity index (χ4n) is 1.35. The summed E-state index contributed by atoms with van der Waals surface area (Å²) < 4.78 is 10.2. The molecule has 2 heteroatoms. The normalized spacial score (nSPS) is 11.9. The third-order valence-electron chi connectivity index (χ3n) is 2.24. The SMILES string of the molecule is CCCCCC.c1ccc2c(c1)OCO2. The molecule has 0 saturated heterocycles. The minimum Gasteiger partial charge on any atom is -0.454 e. The van der Waals surface area contributed by atoms with E-state index in [0.717, 1.165) is 11.5 Å². The second kappa shape index (κ2) is 7.16. The lowest BCUT2D eigenvalue weighted by molar-refractivity contribution is 0.174. The van der Waals surface area contributed by atoms with E-state index in [9.17, 15) is 0 Å². The third-order valence-corrected chi connectivity index (χ3v) is 2.24. The molecule has 0 radical (unpaired) electrons. The number of ether oxygens (including phenoxy) is 2. The molecular weight excluding hydrogens is 188 g/mol. The molecule has 0 spiro atoms. The number of fused-ring (bicyclic) bond motifs is 1. The van der Waals surface area contributed by atoms with E-state index in [-0.39, 0.29) is 0 Å². The number of hydrogen-bond donors (Lipinski definition) is 0. The highest BCUT2D eigenvalue weighted by Crippen LogP contribution is 2.30. The Labute approximate surface area is 92.2 Å². The van der Waals surface area contributed by atoms with E-state index in [4.69, 9.17) is 9.47 Å². The van der Waals surface area contributed by atoms with E-state index in [1.54, 1.807) is 0 Å². The van der Waals surface area contributed by atoms with Gasteiger partial charge in [-0.05, 0) is 12.1 Å². The molecule has 0 fully saturated rings. The molecule has 2 rings (SSSR count). The van der Waals surface area contributed by atoms with Crippen LogP contribution in [0.3, 0.4) is 0 Å². The predicted octanol–water partition coefficient (Wildman–Crippen LogP) is 4.00. The smallest absolute Gasteiger partial charge is 0.231 e. The van der Waals surface area contributed by atoms with Gasteiger partial charge >= 0.3 is 0 Å². The van der Waals surface area contributed by atoms with Crippen LogP contribution in [0.25, 0.3) is 0 Å². The van der Waals surface area contributed by atoms with E-state index in [2.05, 4.69) is 13.8 Å².